The molecule has 0 radical (unpaired) electrons. The summed E-state index contributed by atoms with van der Waals surface area (Å²) in [5, 5.41) is 4.10. The van der Waals surface area contributed by atoms with Crippen LogP contribution in [0.1, 0.15) is 23.5 Å². The predicted octanol–water partition coefficient (Wildman–Crippen LogP) is 2.28. The fourth-order valence-corrected chi connectivity index (χ4v) is 1.36. The lowest BCUT2D eigenvalue weighted by Gasteiger charge is -1.97. The molecule has 0 bridgehead atoms. The summed E-state index contributed by atoms with van der Waals surface area (Å²) in [5.41, 5.74) is 1.45. The van der Waals surface area contributed by atoms with Crippen LogP contribution in [0.25, 0.3) is 5.65 Å². The van der Waals surface area contributed by atoms with Crippen LogP contribution in [0.15, 0.2) is 12.1 Å². The van der Waals surface area contributed by atoms with Crippen molar-refractivity contribution in [2.45, 2.75) is 20.3 Å². The van der Waals surface area contributed by atoms with E-state index in [1.54, 1.807) is 26.0 Å². The van der Waals surface area contributed by atoms with E-state index in [-0.39, 0.29) is 5.69 Å². The highest BCUT2D eigenvalue weighted by atomic mass is 19.3. The van der Waals surface area contributed by atoms with Crippen molar-refractivity contribution >= 4 is 5.65 Å². The topological polar surface area (TPSA) is 30.2 Å². The molecule has 0 aliphatic rings. The third-order valence-electron chi connectivity index (χ3n) is 2.08. The summed E-state index contributed by atoms with van der Waals surface area (Å²) < 4.78 is 26.4. The van der Waals surface area contributed by atoms with Gasteiger partial charge in [0.1, 0.15) is 5.69 Å². The van der Waals surface area contributed by atoms with Gasteiger partial charge in [-0.25, -0.2) is 18.3 Å². The van der Waals surface area contributed by atoms with Crippen LogP contribution < -0.4 is 0 Å². The molecule has 74 valence electrons. The molecular weight excluding hydrogens is 188 g/mol. The summed E-state index contributed by atoms with van der Waals surface area (Å²) in [6.45, 7) is 3.40. The van der Waals surface area contributed by atoms with Gasteiger partial charge in [0, 0.05) is 0 Å². The molecule has 0 atom stereocenters. The van der Waals surface area contributed by atoms with Gasteiger partial charge in [-0.1, -0.05) is 0 Å². The van der Waals surface area contributed by atoms with Crippen molar-refractivity contribution in [3.05, 3.63) is 29.2 Å². The van der Waals surface area contributed by atoms with Crippen LogP contribution in [0.5, 0.6) is 0 Å². The fourth-order valence-electron chi connectivity index (χ4n) is 1.36. The molecule has 0 aliphatic carbocycles. The number of rotatable bonds is 1. The Hall–Kier alpha value is -1.52. The highest BCUT2D eigenvalue weighted by Gasteiger charge is 2.17. The van der Waals surface area contributed by atoms with Gasteiger partial charge in [-0.3, -0.25) is 0 Å². The second kappa shape index (κ2) is 3.01. The lowest BCUT2D eigenvalue weighted by atomic mass is 10.4. The summed E-state index contributed by atoms with van der Waals surface area (Å²) in [6.07, 6.45) is -2.54. The van der Waals surface area contributed by atoms with E-state index in [0.29, 0.717) is 11.3 Å². The average Bonchev–Trinajstić information content (AvgIpc) is 2.44. The fraction of sp³-hybridized carbons (Fsp3) is 0.333. The first kappa shape index (κ1) is 9.05. The Morgan fingerprint density at radius 1 is 1.29 bits per heavy atom. The quantitative estimate of drug-likeness (QED) is 0.702. The van der Waals surface area contributed by atoms with Gasteiger partial charge in [-0.15, -0.1) is 0 Å². The molecule has 0 unspecified atom stereocenters. The predicted molar refractivity (Wildman–Crippen MR) is 47.4 cm³/mol. The number of fused-ring (bicyclic) bond motifs is 1. The van der Waals surface area contributed by atoms with E-state index in [1.165, 1.54) is 4.52 Å². The number of halogens is 2. The van der Waals surface area contributed by atoms with Gasteiger partial charge in [0.05, 0.1) is 11.4 Å². The monoisotopic (exact) mass is 197 g/mol. The molecule has 2 aromatic heterocycles. The molecule has 0 aromatic carbocycles. The average molecular weight is 197 g/mol. The Labute approximate surface area is 79.4 Å². The number of alkyl halides is 2. The van der Waals surface area contributed by atoms with E-state index in [2.05, 4.69) is 10.1 Å². The van der Waals surface area contributed by atoms with E-state index < -0.39 is 6.43 Å². The summed E-state index contributed by atoms with van der Waals surface area (Å²) in [6, 6.07) is 3.43. The van der Waals surface area contributed by atoms with E-state index in [9.17, 15) is 8.78 Å². The molecule has 0 spiro atoms. The zero-order valence-corrected chi connectivity index (χ0v) is 7.83. The van der Waals surface area contributed by atoms with Crippen molar-refractivity contribution in [2.24, 2.45) is 0 Å². The van der Waals surface area contributed by atoms with Gasteiger partial charge in [0.15, 0.2) is 5.65 Å². The number of nitrogens with zero attached hydrogens (tertiary/aromatic N) is 3. The van der Waals surface area contributed by atoms with Crippen LogP contribution in [0.2, 0.25) is 0 Å². The summed E-state index contributed by atoms with van der Waals surface area (Å²) >= 11 is 0. The molecule has 2 aromatic rings. The Morgan fingerprint density at radius 2 is 2.00 bits per heavy atom. The van der Waals surface area contributed by atoms with Gasteiger partial charge >= 0.3 is 0 Å². The standard InChI is InChI=1S/C9H9F2N3/c1-5-3-4-7-12-8(9(10)11)6(2)14(7)13-5/h3-4,9H,1-2H3. The van der Waals surface area contributed by atoms with Gasteiger partial charge in [-0.05, 0) is 26.0 Å². The largest absolute Gasteiger partial charge is 0.282 e. The first-order valence-electron chi connectivity index (χ1n) is 4.20. The number of hydrogen-bond donors (Lipinski definition) is 0. The lowest BCUT2D eigenvalue weighted by Crippen LogP contribution is -1.96. The molecule has 2 rings (SSSR count). The van der Waals surface area contributed by atoms with Crippen LogP contribution in [-0.2, 0) is 0 Å². The zero-order chi connectivity index (χ0) is 10.3. The molecule has 3 nitrogen and oxygen atoms in total. The van der Waals surface area contributed by atoms with Crippen LogP contribution >= 0.6 is 0 Å². The van der Waals surface area contributed by atoms with Gasteiger partial charge in [-0.2, -0.15) is 5.10 Å². The second-order valence-electron chi connectivity index (χ2n) is 3.13. The van der Waals surface area contributed by atoms with Crippen molar-refractivity contribution < 1.29 is 8.78 Å². The summed E-state index contributed by atoms with van der Waals surface area (Å²) in [7, 11) is 0. The third kappa shape index (κ3) is 1.25. The zero-order valence-electron chi connectivity index (χ0n) is 7.83. The van der Waals surface area contributed by atoms with Gasteiger partial charge < -0.3 is 0 Å². The van der Waals surface area contributed by atoms with Gasteiger partial charge in [0.2, 0.25) is 0 Å². The van der Waals surface area contributed by atoms with Crippen LogP contribution in [-0.4, -0.2) is 14.6 Å². The number of aryl methyl sites for hydroxylation is 2. The maximum atomic E-state index is 12.5. The van der Waals surface area contributed by atoms with Crippen molar-refractivity contribution in [2.75, 3.05) is 0 Å². The van der Waals surface area contributed by atoms with Crippen molar-refractivity contribution in [1.29, 1.82) is 0 Å². The molecule has 0 saturated heterocycles. The van der Waals surface area contributed by atoms with Gasteiger partial charge in [0.25, 0.3) is 6.43 Å². The van der Waals surface area contributed by atoms with Crippen LogP contribution in [0.4, 0.5) is 8.78 Å². The minimum atomic E-state index is -2.54. The Balaban J connectivity index is 2.74. The van der Waals surface area contributed by atoms with Crippen molar-refractivity contribution in [3.8, 4) is 0 Å². The van der Waals surface area contributed by atoms with Crippen molar-refractivity contribution in [3.63, 3.8) is 0 Å². The normalized spacial score (nSPS) is 11.5. The molecule has 0 aliphatic heterocycles. The highest BCUT2D eigenvalue weighted by Crippen LogP contribution is 2.22. The second-order valence-corrected chi connectivity index (χ2v) is 3.13. The molecule has 0 N–H and O–H groups in total. The molecule has 5 heteroatoms. The third-order valence-corrected chi connectivity index (χ3v) is 2.08. The molecule has 0 fully saturated rings. The van der Waals surface area contributed by atoms with Crippen LogP contribution in [0.3, 0.4) is 0 Å². The molecular formula is C9H9F2N3. The number of aromatic nitrogens is 3. The molecule has 14 heavy (non-hydrogen) atoms. The molecule has 2 heterocycles. The first-order valence-corrected chi connectivity index (χ1v) is 4.20. The molecule has 0 amide bonds. The lowest BCUT2D eigenvalue weighted by molar-refractivity contribution is 0.146. The highest BCUT2D eigenvalue weighted by molar-refractivity contribution is 5.41. The Kier molecular flexibility index (Phi) is 1.94. The minimum absolute atomic E-state index is 0.192. The minimum Gasteiger partial charge on any atom is -0.226 e. The Bertz CT molecular complexity index is 476. The van der Waals surface area contributed by atoms with Crippen molar-refractivity contribution in [1.82, 2.24) is 14.6 Å². The summed E-state index contributed by atoms with van der Waals surface area (Å²) in [5.74, 6) is 0. The summed E-state index contributed by atoms with van der Waals surface area (Å²) in [4.78, 5) is 3.80. The Morgan fingerprint density at radius 3 is 2.64 bits per heavy atom. The molecule has 0 saturated carbocycles. The smallest absolute Gasteiger partial charge is 0.226 e. The van der Waals surface area contributed by atoms with E-state index in [1.807, 2.05) is 0 Å². The van der Waals surface area contributed by atoms with E-state index in [0.717, 1.165) is 5.69 Å². The SMILES string of the molecule is Cc1ccc2nc(C(F)F)c(C)n2n1. The first-order chi connectivity index (χ1) is 6.59. The maximum absolute atomic E-state index is 12.5. The van der Waals surface area contributed by atoms with E-state index >= 15 is 0 Å². The number of hydrogen-bond acceptors (Lipinski definition) is 2. The van der Waals surface area contributed by atoms with Crippen LogP contribution in [0, 0.1) is 13.8 Å². The van der Waals surface area contributed by atoms with E-state index in [4.69, 9.17) is 0 Å². The number of imidazole rings is 1. The maximum Gasteiger partial charge on any atom is 0.282 e.